The van der Waals surface area contributed by atoms with Crippen LogP contribution in [0.25, 0.3) is 22.3 Å². The second-order valence-electron chi connectivity index (χ2n) is 4.88. The number of nitrogens with zero attached hydrogens (tertiary/aromatic N) is 3. The molecule has 2 heterocycles. The normalized spacial score (nSPS) is 13.0. The standard InChI is InChI=1S/C14H17N5/c1-9(6-15)14-16-7-12(18-14)10-3-4-13-11(5-10)17-8-19(13)2/h3-5,7-9H,6,15H2,1-2H3,(H,16,18). The van der Waals surface area contributed by atoms with Crippen LogP contribution in [0, 0.1) is 0 Å². The minimum atomic E-state index is 0.243. The van der Waals surface area contributed by atoms with Crippen molar-refractivity contribution in [1.29, 1.82) is 0 Å². The molecule has 98 valence electrons. The highest BCUT2D eigenvalue weighted by Gasteiger charge is 2.10. The van der Waals surface area contributed by atoms with E-state index in [-0.39, 0.29) is 5.92 Å². The largest absolute Gasteiger partial charge is 0.342 e. The number of benzene rings is 1. The Hall–Kier alpha value is -2.14. The number of imidazole rings is 2. The Balaban J connectivity index is 2.01. The summed E-state index contributed by atoms with van der Waals surface area (Å²) >= 11 is 0. The lowest BCUT2D eigenvalue weighted by atomic mass is 10.1. The Morgan fingerprint density at radius 1 is 1.37 bits per heavy atom. The summed E-state index contributed by atoms with van der Waals surface area (Å²) in [6.07, 6.45) is 3.68. The van der Waals surface area contributed by atoms with Gasteiger partial charge in [0, 0.05) is 25.1 Å². The number of aromatic amines is 1. The van der Waals surface area contributed by atoms with E-state index in [0.717, 1.165) is 28.1 Å². The molecule has 0 spiro atoms. The molecule has 3 N–H and O–H groups in total. The molecular formula is C14H17N5. The molecule has 0 aliphatic heterocycles. The van der Waals surface area contributed by atoms with Crippen molar-refractivity contribution in [2.45, 2.75) is 12.8 Å². The monoisotopic (exact) mass is 255 g/mol. The fourth-order valence-electron chi connectivity index (χ4n) is 2.15. The van der Waals surface area contributed by atoms with Crippen LogP contribution in [0.15, 0.2) is 30.7 Å². The van der Waals surface area contributed by atoms with Crippen molar-refractivity contribution in [2.75, 3.05) is 6.54 Å². The van der Waals surface area contributed by atoms with Gasteiger partial charge in [0.25, 0.3) is 0 Å². The van der Waals surface area contributed by atoms with Gasteiger partial charge >= 0.3 is 0 Å². The van der Waals surface area contributed by atoms with E-state index in [4.69, 9.17) is 5.73 Å². The maximum atomic E-state index is 5.66. The molecule has 3 rings (SSSR count). The molecule has 1 atom stereocenters. The van der Waals surface area contributed by atoms with E-state index in [9.17, 15) is 0 Å². The zero-order valence-electron chi connectivity index (χ0n) is 11.1. The molecule has 0 amide bonds. The Labute approximate surface area is 111 Å². The van der Waals surface area contributed by atoms with Gasteiger partial charge in [0.15, 0.2) is 0 Å². The van der Waals surface area contributed by atoms with E-state index in [2.05, 4.69) is 40.1 Å². The van der Waals surface area contributed by atoms with Crippen molar-refractivity contribution in [1.82, 2.24) is 19.5 Å². The smallest absolute Gasteiger partial charge is 0.110 e. The maximum absolute atomic E-state index is 5.66. The van der Waals surface area contributed by atoms with Gasteiger partial charge in [-0.2, -0.15) is 0 Å². The molecule has 1 unspecified atom stereocenters. The molecule has 1 aromatic carbocycles. The number of hydrogen-bond donors (Lipinski definition) is 2. The van der Waals surface area contributed by atoms with E-state index in [0.29, 0.717) is 6.54 Å². The van der Waals surface area contributed by atoms with E-state index >= 15 is 0 Å². The molecule has 0 bridgehead atoms. The third kappa shape index (κ3) is 2.02. The van der Waals surface area contributed by atoms with Gasteiger partial charge in [0.2, 0.25) is 0 Å². The summed E-state index contributed by atoms with van der Waals surface area (Å²) in [5.74, 6) is 1.17. The van der Waals surface area contributed by atoms with Gasteiger partial charge in [-0.3, -0.25) is 0 Å². The molecule has 0 saturated carbocycles. The fraction of sp³-hybridized carbons (Fsp3) is 0.286. The van der Waals surface area contributed by atoms with E-state index in [1.165, 1.54) is 0 Å². The highest BCUT2D eigenvalue weighted by molar-refractivity contribution is 5.81. The maximum Gasteiger partial charge on any atom is 0.110 e. The molecule has 0 saturated heterocycles. The van der Waals surface area contributed by atoms with Crippen LogP contribution in [0.4, 0.5) is 0 Å². The van der Waals surface area contributed by atoms with Gasteiger partial charge < -0.3 is 15.3 Å². The van der Waals surface area contributed by atoms with Crippen LogP contribution in [0.5, 0.6) is 0 Å². The van der Waals surface area contributed by atoms with Crippen molar-refractivity contribution in [2.24, 2.45) is 12.8 Å². The van der Waals surface area contributed by atoms with Crippen LogP contribution in [-0.4, -0.2) is 26.1 Å². The Morgan fingerprint density at radius 3 is 3.00 bits per heavy atom. The van der Waals surface area contributed by atoms with Crippen molar-refractivity contribution >= 4 is 11.0 Å². The van der Waals surface area contributed by atoms with Crippen molar-refractivity contribution < 1.29 is 0 Å². The number of aryl methyl sites for hydroxylation is 1. The third-order valence-electron chi connectivity index (χ3n) is 3.45. The molecule has 2 aromatic heterocycles. The number of aromatic nitrogens is 4. The van der Waals surface area contributed by atoms with Gasteiger partial charge in [-0.25, -0.2) is 9.97 Å². The SMILES string of the molecule is CC(CN)c1ncc(-c2ccc3c(c2)ncn3C)[nH]1. The molecule has 5 heteroatoms. The second kappa shape index (κ2) is 4.51. The van der Waals surface area contributed by atoms with Crippen molar-refractivity contribution in [3.8, 4) is 11.3 Å². The first-order valence-electron chi connectivity index (χ1n) is 6.35. The highest BCUT2D eigenvalue weighted by Crippen LogP contribution is 2.23. The molecular weight excluding hydrogens is 238 g/mol. The lowest BCUT2D eigenvalue weighted by molar-refractivity contribution is 0.725. The molecule has 0 radical (unpaired) electrons. The van der Waals surface area contributed by atoms with Gasteiger partial charge in [0.05, 0.1) is 29.3 Å². The van der Waals surface area contributed by atoms with E-state index in [1.807, 2.05) is 24.1 Å². The van der Waals surface area contributed by atoms with Gasteiger partial charge in [-0.15, -0.1) is 0 Å². The number of H-pyrrole nitrogens is 1. The van der Waals surface area contributed by atoms with Crippen LogP contribution >= 0.6 is 0 Å². The topological polar surface area (TPSA) is 72.5 Å². The number of hydrogen-bond acceptors (Lipinski definition) is 3. The van der Waals surface area contributed by atoms with Crippen LogP contribution in [0.1, 0.15) is 18.7 Å². The summed E-state index contributed by atoms with van der Waals surface area (Å²) in [5, 5.41) is 0. The summed E-state index contributed by atoms with van der Waals surface area (Å²) in [6.45, 7) is 2.65. The van der Waals surface area contributed by atoms with Gasteiger partial charge in [0.1, 0.15) is 5.82 Å². The predicted octanol–water partition coefficient (Wildman–Crippen LogP) is 2.03. The Bertz CT molecular complexity index is 710. The summed E-state index contributed by atoms with van der Waals surface area (Å²) in [4.78, 5) is 12.1. The quantitative estimate of drug-likeness (QED) is 0.752. The molecule has 19 heavy (non-hydrogen) atoms. The Kier molecular flexibility index (Phi) is 2.83. The summed E-state index contributed by atoms with van der Waals surface area (Å²) in [5.41, 5.74) is 9.86. The average Bonchev–Trinajstić information content (AvgIpc) is 3.05. The predicted molar refractivity (Wildman–Crippen MR) is 75.8 cm³/mol. The summed E-state index contributed by atoms with van der Waals surface area (Å²) in [7, 11) is 1.99. The molecule has 0 fully saturated rings. The number of nitrogens with one attached hydrogen (secondary N) is 1. The minimum absolute atomic E-state index is 0.243. The second-order valence-corrected chi connectivity index (χ2v) is 4.88. The van der Waals surface area contributed by atoms with E-state index < -0.39 is 0 Å². The first kappa shape index (κ1) is 11.9. The first-order valence-corrected chi connectivity index (χ1v) is 6.35. The third-order valence-corrected chi connectivity index (χ3v) is 3.45. The number of fused-ring (bicyclic) bond motifs is 1. The van der Waals surface area contributed by atoms with E-state index in [1.54, 1.807) is 0 Å². The molecule has 3 aromatic rings. The lowest BCUT2D eigenvalue weighted by Crippen LogP contribution is -2.10. The Morgan fingerprint density at radius 2 is 2.21 bits per heavy atom. The molecule has 0 aliphatic carbocycles. The molecule has 5 nitrogen and oxygen atoms in total. The lowest BCUT2D eigenvalue weighted by Gasteiger charge is -2.03. The van der Waals surface area contributed by atoms with Gasteiger partial charge in [-0.05, 0) is 12.1 Å². The molecule has 0 aliphatic rings. The summed E-state index contributed by atoms with van der Waals surface area (Å²) < 4.78 is 2.01. The van der Waals surface area contributed by atoms with Crippen LogP contribution in [0.2, 0.25) is 0 Å². The summed E-state index contributed by atoms with van der Waals surface area (Å²) in [6, 6.07) is 6.22. The minimum Gasteiger partial charge on any atom is -0.342 e. The number of rotatable bonds is 3. The van der Waals surface area contributed by atoms with Crippen LogP contribution in [-0.2, 0) is 7.05 Å². The van der Waals surface area contributed by atoms with Crippen LogP contribution in [0.3, 0.4) is 0 Å². The van der Waals surface area contributed by atoms with Crippen LogP contribution < -0.4 is 5.73 Å². The van der Waals surface area contributed by atoms with Gasteiger partial charge in [-0.1, -0.05) is 13.0 Å². The van der Waals surface area contributed by atoms with Crippen molar-refractivity contribution in [3.05, 3.63) is 36.5 Å². The number of nitrogens with two attached hydrogens (primary N) is 1. The zero-order chi connectivity index (χ0) is 13.4. The first-order chi connectivity index (χ1) is 9.19. The average molecular weight is 255 g/mol. The van der Waals surface area contributed by atoms with Crippen molar-refractivity contribution in [3.63, 3.8) is 0 Å². The zero-order valence-corrected chi connectivity index (χ0v) is 11.1. The fourth-order valence-corrected chi connectivity index (χ4v) is 2.15. The highest BCUT2D eigenvalue weighted by atomic mass is 15.0.